The first kappa shape index (κ1) is 22.8. The van der Waals surface area contributed by atoms with Gasteiger partial charge >= 0.3 is 0 Å². The smallest absolute Gasteiger partial charge is 0.266 e. The molecule has 32 heavy (non-hydrogen) atoms. The highest BCUT2D eigenvalue weighted by Gasteiger charge is 2.30. The molecular weight excluding hydrogens is 470 g/mol. The number of rotatable bonds is 5. The number of thioether (sulfide) groups is 1. The fourth-order valence-corrected chi connectivity index (χ4v) is 6.45. The van der Waals surface area contributed by atoms with Gasteiger partial charge in [-0.2, -0.15) is 0 Å². The molecule has 7 nitrogen and oxygen atoms in total. The van der Waals surface area contributed by atoms with Crippen LogP contribution < -0.4 is 10.9 Å². The Labute approximate surface area is 195 Å². The Morgan fingerprint density at radius 1 is 1.28 bits per heavy atom. The zero-order valence-corrected chi connectivity index (χ0v) is 19.9. The predicted molar refractivity (Wildman–Crippen MR) is 128 cm³/mol. The van der Waals surface area contributed by atoms with Crippen LogP contribution in [0.25, 0.3) is 16.6 Å². The van der Waals surface area contributed by atoms with Crippen molar-refractivity contribution in [3.63, 3.8) is 0 Å². The van der Waals surface area contributed by atoms with E-state index in [-0.39, 0.29) is 23.0 Å². The Morgan fingerprint density at radius 2 is 2.03 bits per heavy atom. The van der Waals surface area contributed by atoms with E-state index in [1.54, 1.807) is 25.1 Å². The molecule has 1 N–H and O–H groups in total. The maximum atomic E-state index is 13.4. The third-order valence-corrected chi connectivity index (χ3v) is 8.44. The van der Waals surface area contributed by atoms with E-state index in [0.29, 0.717) is 33.2 Å². The lowest BCUT2D eigenvalue weighted by Gasteiger charge is -2.19. The molecule has 168 valence electrons. The van der Waals surface area contributed by atoms with Crippen LogP contribution in [0.2, 0.25) is 5.02 Å². The maximum absolute atomic E-state index is 13.4. The minimum Gasteiger partial charge on any atom is -0.351 e. The van der Waals surface area contributed by atoms with Gasteiger partial charge in [-0.25, -0.2) is 13.4 Å². The monoisotopic (exact) mass is 491 g/mol. The van der Waals surface area contributed by atoms with E-state index in [4.69, 9.17) is 11.6 Å². The molecule has 0 aliphatic carbocycles. The number of aromatic nitrogens is 2. The molecule has 2 atom stereocenters. The Morgan fingerprint density at radius 3 is 2.72 bits per heavy atom. The predicted octanol–water partition coefficient (Wildman–Crippen LogP) is 3.13. The normalized spacial score (nSPS) is 18.5. The highest BCUT2D eigenvalue weighted by Crippen LogP contribution is 2.27. The number of nitrogens with one attached hydrogen (secondary N) is 1. The zero-order chi connectivity index (χ0) is 23.0. The molecule has 1 aliphatic rings. The van der Waals surface area contributed by atoms with Crippen molar-refractivity contribution in [2.24, 2.45) is 0 Å². The minimum atomic E-state index is -3.10. The first-order valence-corrected chi connectivity index (χ1v) is 13.2. The summed E-state index contributed by atoms with van der Waals surface area (Å²) in [5, 5.41) is 3.46. The van der Waals surface area contributed by atoms with Gasteiger partial charge in [0.05, 0.1) is 33.3 Å². The number of benzene rings is 2. The minimum absolute atomic E-state index is 0.0449. The van der Waals surface area contributed by atoms with Crippen LogP contribution in [0.5, 0.6) is 0 Å². The van der Waals surface area contributed by atoms with Crippen molar-refractivity contribution < 1.29 is 13.2 Å². The molecule has 1 amide bonds. The third kappa shape index (κ3) is 4.69. The van der Waals surface area contributed by atoms with Crippen LogP contribution in [0.15, 0.2) is 52.4 Å². The second-order valence-electron chi connectivity index (χ2n) is 7.85. The summed E-state index contributed by atoms with van der Waals surface area (Å²) < 4.78 is 24.9. The number of sulfone groups is 1. The molecule has 2 aromatic carbocycles. The molecule has 2 heterocycles. The molecule has 1 fully saturated rings. The number of carbonyl (C=O) groups is 1. The molecule has 1 saturated heterocycles. The van der Waals surface area contributed by atoms with Gasteiger partial charge < -0.3 is 5.32 Å². The van der Waals surface area contributed by atoms with Crippen LogP contribution in [0.1, 0.15) is 18.9 Å². The van der Waals surface area contributed by atoms with Gasteiger partial charge in [-0.1, -0.05) is 41.6 Å². The van der Waals surface area contributed by atoms with Gasteiger partial charge in [0.2, 0.25) is 5.91 Å². The van der Waals surface area contributed by atoms with Gasteiger partial charge in [-0.05, 0) is 50.1 Å². The summed E-state index contributed by atoms with van der Waals surface area (Å²) in [5.41, 5.74) is 1.76. The van der Waals surface area contributed by atoms with E-state index in [1.165, 1.54) is 4.57 Å². The van der Waals surface area contributed by atoms with Crippen LogP contribution in [-0.2, 0) is 14.6 Å². The van der Waals surface area contributed by atoms with Crippen LogP contribution in [0.3, 0.4) is 0 Å². The standard InChI is InChI=1S/C22H22ClN3O4S2/c1-13-5-3-4-6-19(13)26-21(28)17-8-7-15(23)11-18(17)25-22(26)31-14(2)20(27)24-16-9-10-32(29,30)12-16/h3-8,11,14,16H,9-10,12H2,1-2H3,(H,24,27). The molecule has 0 radical (unpaired) electrons. The highest BCUT2D eigenvalue weighted by molar-refractivity contribution is 8.00. The van der Waals surface area contributed by atoms with E-state index in [0.717, 1.165) is 17.3 Å². The summed E-state index contributed by atoms with van der Waals surface area (Å²) in [5.74, 6) is -0.260. The van der Waals surface area contributed by atoms with Gasteiger partial charge in [-0.3, -0.25) is 14.2 Å². The highest BCUT2D eigenvalue weighted by atomic mass is 35.5. The largest absolute Gasteiger partial charge is 0.351 e. The summed E-state index contributed by atoms with van der Waals surface area (Å²) in [6.45, 7) is 3.61. The molecule has 0 spiro atoms. The van der Waals surface area contributed by atoms with Crippen molar-refractivity contribution >= 4 is 50.0 Å². The number of hydrogen-bond acceptors (Lipinski definition) is 6. The van der Waals surface area contributed by atoms with Crippen molar-refractivity contribution in [2.75, 3.05) is 11.5 Å². The van der Waals surface area contributed by atoms with Crippen molar-refractivity contribution in [1.82, 2.24) is 14.9 Å². The summed E-state index contributed by atoms with van der Waals surface area (Å²) in [6.07, 6.45) is 0.409. The number of amides is 1. The molecule has 2 unspecified atom stereocenters. The Kier molecular flexibility index (Phi) is 6.33. The maximum Gasteiger partial charge on any atom is 0.266 e. The first-order chi connectivity index (χ1) is 15.1. The Balaban J connectivity index is 1.72. The summed E-state index contributed by atoms with van der Waals surface area (Å²) in [6, 6.07) is 12.0. The Bertz CT molecular complexity index is 1370. The number of para-hydroxylation sites is 1. The SMILES string of the molecule is Cc1ccccc1-n1c(SC(C)C(=O)NC2CCS(=O)(=O)C2)nc2cc(Cl)ccc2c1=O. The van der Waals surface area contributed by atoms with Crippen molar-refractivity contribution in [1.29, 1.82) is 0 Å². The molecule has 0 bridgehead atoms. The lowest BCUT2D eigenvalue weighted by Crippen LogP contribution is -2.40. The molecule has 10 heteroatoms. The second-order valence-corrected chi connectivity index (χ2v) is 11.8. The number of nitrogens with zero attached hydrogens (tertiary/aromatic N) is 2. The fraction of sp³-hybridized carbons (Fsp3) is 0.318. The third-order valence-electron chi connectivity index (χ3n) is 5.39. The number of fused-ring (bicyclic) bond motifs is 1. The molecule has 4 rings (SSSR count). The Hall–Kier alpha value is -2.36. The average Bonchev–Trinajstić information content (AvgIpc) is 3.07. The van der Waals surface area contributed by atoms with E-state index in [9.17, 15) is 18.0 Å². The van der Waals surface area contributed by atoms with E-state index in [1.807, 2.05) is 31.2 Å². The average molecular weight is 492 g/mol. The van der Waals surface area contributed by atoms with Gasteiger partial charge in [0.25, 0.3) is 5.56 Å². The quantitative estimate of drug-likeness (QED) is 0.435. The zero-order valence-electron chi connectivity index (χ0n) is 17.5. The number of aryl methyl sites for hydroxylation is 1. The van der Waals surface area contributed by atoms with Crippen LogP contribution in [-0.4, -0.2) is 46.7 Å². The van der Waals surface area contributed by atoms with E-state index in [2.05, 4.69) is 10.3 Å². The van der Waals surface area contributed by atoms with Gasteiger partial charge in [-0.15, -0.1) is 0 Å². The topological polar surface area (TPSA) is 98.1 Å². The molecule has 3 aromatic rings. The van der Waals surface area contributed by atoms with Crippen LogP contribution in [0, 0.1) is 6.92 Å². The van der Waals surface area contributed by atoms with Crippen molar-refractivity contribution in [3.8, 4) is 5.69 Å². The van der Waals surface area contributed by atoms with E-state index < -0.39 is 21.1 Å². The summed E-state index contributed by atoms with van der Waals surface area (Å²) in [4.78, 5) is 30.8. The molecule has 1 aromatic heterocycles. The van der Waals surface area contributed by atoms with Gasteiger partial charge in [0, 0.05) is 11.1 Å². The van der Waals surface area contributed by atoms with Crippen LogP contribution in [0.4, 0.5) is 0 Å². The van der Waals surface area contributed by atoms with Gasteiger partial charge in [0.1, 0.15) is 0 Å². The summed E-state index contributed by atoms with van der Waals surface area (Å²) in [7, 11) is -3.10. The van der Waals surface area contributed by atoms with Crippen molar-refractivity contribution in [3.05, 3.63) is 63.4 Å². The van der Waals surface area contributed by atoms with Crippen LogP contribution >= 0.6 is 23.4 Å². The number of halogens is 1. The second kappa shape index (κ2) is 8.88. The fourth-order valence-electron chi connectivity index (χ4n) is 3.68. The lowest BCUT2D eigenvalue weighted by molar-refractivity contribution is -0.120. The lowest BCUT2D eigenvalue weighted by atomic mass is 10.2. The van der Waals surface area contributed by atoms with E-state index >= 15 is 0 Å². The molecule has 0 saturated carbocycles. The number of hydrogen-bond donors (Lipinski definition) is 1. The summed E-state index contributed by atoms with van der Waals surface area (Å²) >= 11 is 7.26. The first-order valence-electron chi connectivity index (χ1n) is 10.1. The molecular formula is C22H22ClN3O4S2. The van der Waals surface area contributed by atoms with Gasteiger partial charge in [0.15, 0.2) is 15.0 Å². The molecule has 1 aliphatic heterocycles. The number of carbonyl (C=O) groups excluding carboxylic acids is 1. The van der Waals surface area contributed by atoms with Crippen molar-refractivity contribution in [2.45, 2.75) is 36.7 Å².